The Kier molecular flexibility index (Phi) is 10.8. The summed E-state index contributed by atoms with van der Waals surface area (Å²) in [7, 11) is 0. The summed E-state index contributed by atoms with van der Waals surface area (Å²) in [5.74, 6) is 0.605. The fraction of sp³-hybridized carbons (Fsp3) is 0.938. The molecule has 0 fully saturated rings. The number of hydrogen-bond donors (Lipinski definition) is 1. The summed E-state index contributed by atoms with van der Waals surface area (Å²) in [6.45, 7) is 15.3. The average molecular weight is 285 g/mol. The summed E-state index contributed by atoms with van der Waals surface area (Å²) in [6.07, 6.45) is 2.91. The molecular formula is C16H35N3O. The van der Waals surface area contributed by atoms with Crippen LogP contribution in [-0.2, 0) is 4.79 Å². The van der Waals surface area contributed by atoms with E-state index in [2.05, 4.69) is 39.5 Å². The number of likely N-dealkylation sites (N-methyl/N-ethyl adjacent to an activating group) is 1. The van der Waals surface area contributed by atoms with Crippen LogP contribution >= 0.6 is 0 Å². The van der Waals surface area contributed by atoms with Crippen molar-refractivity contribution in [3.8, 4) is 0 Å². The van der Waals surface area contributed by atoms with Crippen molar-refractivity contribution in [3.05, 3.63) is 0 Å². The predicted octanol–water partition coefficient (Wildman–Crippen LogP) is 2.33. The Morgan fingerprint density at radius 2 is 1.70 bits per heavy atom. The Bertz CT molecular complexity index is 252. The number of rotatable bonds is 11. The lowest BCUT2D eigenvalue weighted by Gasteiger charge is -2.30. The summed E-state index contributed by atoms with van der Waals surface area (Å²) in [6, 6.07) is -0.328. The minimum Gasteiger partial charge on any atom is -0.340 e. The van der Waals surface area contributed by atoms with Gasteiger partial charge in [-0.05, 0) is 25.4 Å². The Hall–Kier alpha value is -0.610. The molecule has 0 aliphatic heterocycles. The third kappa shape index (κ3) is 7.85. The number of nitrogens with zero attached hydrogens (tertiary/aromatic N) is 2. The monoisotopic (exact) mass is 285 g/mol. The molecule has 1 atom stereocenters. The number of hydrogen-bond acceptors (Lipinski definition) is 3. The molecule has 0 spiro atoms. The van der Waals surface area contributed by atoms with Gasteiger partial charge in [0, 0.05) is 19.6 Å². The van der Waals surface area contributed by atoms with E-state index in [1.165, 1.54) is 0 Å². The maximum Gasteiger partial charge on any atom is 0.239 e. The first kappa shape index (κ1) is 19.4. The Morgan fingerprint density at radius 3 is 2.15 bits per heavy atom. The number of carbonyl (C=O) groups is 1. The third-order valence-electron chi connectivity index (χ3n) is 3.66. The van der Waals surface area contributed by atoms with Crippen LogP contribution in [0, 0.1) is 5.92 Å². The molecule has 0 aliphatic carbocycles. The standard InChI is InChI=1S/C16H35N3O/c1-6-9-10-15(17)16(20)19(13-14(4)5)12-11-18(7-2)8-3/h14-15H,6-13,17H2,1-5H3/t15-/m0/s1. The molecule has 0 unspecified atom stereocenters. The molecule has 0 aromatic rings. The molecule has 1 amide bonds. The molecule has 0 saturated carbocycles. The maximum atomic E-state index is 12.5. The van der Waals surface area contributed by atoms with Crippen LogP contribution in [0.5, 0.6) is 0 Å². The summed E-state index contributed by atoms with van der Waals surface area (Å²) in [4.78, 5) is 16.8. The predicted molar refractivity (Wildman–Crippen MR) is 86.7 cm³/mol. The first-order valence-electron chi connectivity index (χ1n) is 8.22. The summed E-state index contributed by atoms with van der Waals surface area (Å²) < 4.78 is 0. The molecular weight excluding hydrogens is 250 g/mol. The van der Waals surface area contributed by atoms with Gasteiger partial charge in [0.1, 0.15) is 0 Å². The van der Waals surface area contributed by atoms with Crippen molar-refractivity contribution in [3.63, 3.8) is 0 Å². The lowest BCUT2D eigenvalue weighted by atomic mass is 10.1. The second-order valence-corrected chi connectivity index (χ2v) is 5.95. The first-order valence-corrected chi connectivity index (χ1v) is 8.22. The van der Waals surface area contributed by atoms with Crippen LogP contribution in [0.1, 0.15) is 53.9 Å². The molecule has 0 aliphatic rings. The zero-order valence-corrected chi connectivity index (χ0v) is 14.2. The Labute approximate surface area is 125 Å². The molecule has 4 nitrogen and oxygen atoms in total. The van der Waals surface area contributed by atoms with Crippen molar-refractivity contribution in [1.82, 2.24) is 9.80 Å². The molecule has 2 N–H and O–H groups in total. The fourth-order valence-electron chi connectivity index (χ4n) is 2.32. The highest BCUT2D eigenvalue weighted by Gasteiger charge is 2.21. The molecule has 0 rings (SSSR count). The number of carbonyl (C=O) groups excluding carboxylic acids is 1. The molecule has 4 heteroatoms. The fourth-order valence-corrected chi connectivity index (χ4v) is 2.32. The van der Waals surface area contributed by atoms with Gasteiger partial charge in [-0.1, -0.05) is 47.5 Å². The minimum absolute atomic E-state index is 0.124. The van der Waals surface area contributed by atoms with E-state index in [4.69, 9.17) is 5.73 Å². The van der Waals surface area contributed by atoms with Gasteiger partial charge in [0.15, 0.2) is 0 Å². The van der Waals surface area contributed by atoms with Gasteiger partial charge >= 0.3 is 0 Å². The van der Waals surface area contributed by atoms with Crippen molar-refractivity contribution >= 4 is 5.91 Å². The second kappa shape index (κ2) is 11.1. The van der Waals surface area contributed by atoms with Crippen molar-refractivity contribution in [2.75, 3.05) is 32.7 Å². The average Bonchev–Trinajstić information content (AvgIpc) is 2.43. The van der Waals surface area contributed by atoms with Crippen LogP contribution in [0.2, 0.25) is 0 Å². The summed E-state index contributed by atoms with van der Waals surface area (Å²) in [5.41, 5.74) is 6.05. The molecule has 0 aromatic carbocycles. The molecule has 20 heavy (non-hydrogen) atoms. The van der Waals surface area contributed by atoms with E-state index in [9.17, 15) is 4.79 Å². The van der Waals surface area contributed by atoms with Crippen molar-refractivity contribution in [2.45, 2.75) is 59.9 Å². The van der Waals surface area contributed by atoms with Crippen molar-refractivity contribution in [1.29, 1.82) is 0 Å². The lowest BCUT2D eigenvalue weighted by Crippen LogP contribution is -2.48. The molecule has 0 saturated heterocycles. The van der Waals surface area contributed by atoms with Crippen LogP contribution in [-0.4, -0.2) is 54.5 Å². The van der Waals surface area contributed by atoms with Crippen molar-refractivity contribution in [2.24, 2.45) is 11.7 Å². The quantitative estimate of drug-likeness (QED) is 0.634. The molecule has 0 aromatic heterocycles. The SMILES string of the molecule is CCCC[C@H](N)C(=O)N(CCN(CC)CC)CC(C)C. The van der Waals surface area contributed by atoms with E-state index in [1.54, 1.807) is 0 Å². The van der Waals surface area contributed by atoms with Crippen LogP contribution < -0.4 is 5.73 Å². The van der Waals surface area contributed by atoms with Crippen LogP contribution in [0.3, 0.4) is 0 Å². The lowest BCUT2D eigenvalue weighted by molar-refractivity contribution is -0.133. The topological polar surface area (TPSA) is 49.6 Å². The minimum atomic E-state index is -0.328. The van der Waals surface area contributed by atoms with Gasteiger partial charge < -0.3 is 15.5 Å². The van der Waals surface area contributed by atoms with Gasteiger partial charge in [0.2, 0.25) is 5.91 Å². The van der Waals surface area contributed by atoms with Gasteiger partial charge in [0.25, 0.3) is 0 Å². The zero-order chi connectivity index (χ0) is 15.5. The van der Waals surface area contributed by atoms with Gasteiger partial charge in [-0.2, -0.15) is 0 Å². The smallest absolute Gasteiger partial charge is 0.239 e. The Morgan fingerprint density at radius 1 is 1.10 bits per heavy atom. The van der Waals surface area contributed by atoms with E-state index in [-0.39, 0.29) is 11.9 Å². The van der Waals surface area contributed by atoms with Crippen LogP contribution in [0.15, 0.2) is 0 Å². The highest BCUT2D eigenvalue weighted by atomic mass is 16.2. The van der Waals surface area contributed by atoms with Gasteiger partial charge in [-0.3, -0.25) is 4.79 Å². The highest BCUT2D eigenvalue weighted by molar-refractivity contribution is 5.81. The van der Waals surface area contributed by atoms with Crippen LogP contribution in [0.4, 0.5) is 0 Å². The zero-order valence-electron chi connectivity index (χ0n) is 14.2. The normalized spacial score (nSPS) is 13.0. The van der Waals surface area contributed by atoms with Crippen LogP contribution in [0.25, 0.3) is 0 Å². The van der Waals surface area contributed by atoms with Gasteiger partial charge in [0.05, 0.1) is 6.04 Å². The largest absolute Gasteiger partial charge is 0.340 e. The van der Waals surface area contributed by atoms with E-state index in [1.807, 2.05) is 4.90 Å². The van der Waals surface area contributed by atoms with E-state index >= 15 is 0 Å². The summed E-state index contributed by atoms with van der Waals surface area (Å²) in [5, 5.41) is 0. The number of amides is 1. The van der Waals surface area contributed by atoms with E-state index in [0.29, 0.717) is 5.92 Å². The van der Waals surface area contributed by atoms with E-state index in [0.717, 1.165) is 52.0 Å². The second-order valence-electron chi connectivity index (χ2n) is 5.95. The Balaban J connectivity index is 4.49. The summed E-state index contributed by atoms with van der Waals surface area (Å²) >= 11 is 0. The molecule has 0 heterocycles. The van der Waals surface area contributed by atoms with Crippen molar-refractivity contribution < 1.29 is 4.79 Å². The number of unbranched alkanes of at least 4 members (excludes halogenated alkanes) is 1. The number of nitrogens with two attached hydrogens (primary N) is 1. The first-order chi connectivity index (χ1) is 9.46. The molecule has 0 bridgehead atoms. The molecule has 120 valence electrons. The maximum absolute atomic E-state index is 12.5. The molecule has 0 radical (unpaired) electrons. The van der Waals surface area contributed by atoms with Gasteiger partial charge in [-0.15, -0.1) is 0 Å². The highest BCUT2D eigenvalue weighted by Crippen LogP contribution is 2.06. The van der Waals surface area contributed by atoms with E-state index < -0.39 is 0 Å². The van der Waals surface area contributed by atoms with Gasteiger partial charge in [-0.25, -0.2) is 0 Å². The third-order valence-corrected chi connectivity index (χ3v) is 3.66.